The Bertz CT molecular complexity index is 328. The first-order valence-electron chi connectivity index (χ1n) is 5.09. The molecule has 1 rings (SSSR count). The molecule has 1 aromatic carbocycles. The predicted octanol–water partition coefficient (Wildman–Crippen LogP) is 2.33. The van der Waals surface area contributed by atoms with Crippen LogP contribution in [0.25, 0.3) is 0 Å². The summed E-state index contributed by atoms with van der Waals surface area (Å²) in [7, 11) is 0. The van der Waals surface area contributed by atoms with Crippen LogP contribution in [0.4, 0.5) is 5.69 Å². The van der Waals surface area contributed by atoms with Crippen LogP contribution in [-0.4, -0.2) is 11.0 Å². The van der Waals surface area contributed by atoms with Crippen LogP contribution in [-0.2, 0) is 4.79 Å². The summed E-state index contributed by atoms with van der Waals surface area (Å²) in [5.74, 6) is -0.0266. The number of benzene rings is 1. The van der Waals surface area contributed by atoms with Crippen LogP contribution in [0.5, 0.6) is 0 Å². The lowest BCUT2D eigenvalue weighted by Gasteiger charge is -2.09. The summed E-state index contributed by atoms with van der Waals surface area (Å²) in [6.07, 6.45) is -0.472. The van der Waals surface area contributed by atoms with Crippen molar-refractivity contribution in [1.29, 1.82) is 0 Å². The summed E-state index contributed by atoms with van der Waals surface area (Å²) in [4.78, 5) is 11.4. The van der Waals surface area contributed by atoms with Crippen LogP contribution in [0.2, 0.25) is 0 Å². The Labute approximate surface area is 90.1 Å². The predicted molar refractivity (Wildman–Crippen MR) is 60.5 cm³/mol. The van der Waals surface area contributed by atoms with E-state index >= 15 is 0 Å². The van der Waals surface area contributed by atoms with Crippen molar-refractivity contribution in [2.45, 2.75) is 26.9 Å². The van der Waals surface area contributed by atoms with Crippen molar-refractivity contribution in [2.75, 3.05) is 5.32 Å². The van der Waals surface area contributed by atoms with E-state index in [0.29, 0.717) is 0 Å². The molecule has 0 aliphatic carbocycles. The second-order valence-electron chi connectivity index (χ2n) is 3.94. The van der Waals surface area contributed by atoms with Crippen molar-refractivity contribution in [3.05, 3.63) is 29.8 Å². The normalized spacial score (nSPS) is 12.6. The molecule has 1 aromatic rings. The molecule has 1 atom stereocenters. The Morgan fingerprint density at radius 3 is 2.13 bits per heavy atom. The van der Waals surface area contributed by atoms with Crippen molar-refractivity contribution < 1.29 is 9.90 Å². The molecule has 3 nitrogen and oxygen atoms in total. The van der Waals surface area contributed by atoms with Crippen molar-refractivity contribution in [3.8, 4) is 0 Å². The van der Waals surface area contributed by atoms with Crippen molar-refractivity contribution in [3.63, 3.8) is 0 Å². The molecule has 2 N–H and O–H groups in total. The third-order valence-electron chi connectivity index (χ3n) is 2.19. The fraction of sp³-hybridized carbons (Fsp3) is 0.417. The first-order chi connectivity index (χ1) is 7.00. The highest BCUT2D eigenvalue weighted by atomic mass is 16.3. The average molecular weight is 207 g/mol. The fourth-order valence-corrected chi connectivity index (χ4v) is 1.13. The number of anilines is 1. The highest BCUT2D eigenvalue weighted by molar-refractivity contribution is 5.91. The molecule has 0 spiro atoms. The highest BCUT2D eigenvalue weighted by Gasteiger charge is 2.07. The van der Waals surface area contributed by atoms with Gasteiger partial charge in [-0.05, 0) is 24.6 Å². The Kier molecular flexibility index (Phi) is 3.86. The van der Waals surface area contributed by atoms with E-state index in [0.717, 1.165) is 11.3 Å². The number of carbonyl (C=O) groups excluding carboxylic acids is 1. The van der Waals surface area contributed by atoms with Gasteiger partial charge in [-0.2, -0.15) is 0 Å². The van der Waals surface area contributed by atoms with E-state index in [2.05, 4.69) is 5.32 Å². The molecule has 0 saturated heterocycles. The lowest BCUT2D eigenvalue weighted by atomic mass is 10.1. The minimum atomic E-state index is -0.472. The summed E-state index contributed by atoms with van der Waals surface area (Å²) in [5, 5.41) is 12.1. The Hall–Kier alpha value is -1.35. The van der Waals surface area contributed by atoms with Gasteiger partial charge in [0, 0.05) is 11.6 Å². The second-order valence-corrected chi connectivity index (χ2v) is 3.94. The van der Waals surface area contributed by atoms with Crippen molar-refractivity contribution in [1.82, 2.24) is 0 Å². The van der Waals surface area contributed by atoms with Gasteiger partial charge < -0.3 is 10.4 Å². The molecule has 82 valence electrons. The van der Waals surface area contributed by atoms with Crippen LogP contribution in [0.3, 0.4) is 0 Å². The van der Waals surface area contributed by atoms with Gasteiger partial charge in [0.15, 0.2) is 0 Å². The van der Waals surface area contributed by atoms with E-state index in [9.17, 15) is 9.90 Å². The third kappa shape index (κ3) is 3.36. The molecule has 0 unspecified atom stereocenters. The van der Waals surface area contributed by atoms with Crippen LogP contribution in [0, 0.1) is 5.92 Å². The van der Waals surface area contributed by atoms with Gasteiger partial charge in [0.25, 0.3) is 0 Å². The first kappa shape index (κ1) is 11.7. The number of hydrogen-bond acceptors (Lipinski definition) is 2. The number of aliphatic hydroxyl groups is 1. The lowest BCUT2D eigenvalue weighted by Crippen LogP contribution is -2.17. The van der Waals surface area contributed by atoms with Crippen LogP contribution in [0.1, 0.15) is 32.4 Å². The molecule has 15 heavy (non-hydrogen) atoms. The quantitative estimate of drug-likeness (QED) is 0.799. The number of rotatable bonds is 3. The molecule has 0 aromatic heterocycles. The van der Waals surface area contributed by atoms with Gasteiger partial charge in [0.05, 0.1) is 6.10 Å². The molecular formula is C12H17NO2. The Morgan fingerprint density at radius 2 is 1.73 bits per heavy atom. The van der Waals surface area contributed by atoms with E-state index in [1.807, 2.05) is 13.8 Å². The van der Waals surface area contributed by atoms with Gasteiger partial charge in [0.1, 0.15) is 0 Å². The van der Waals surface area contributed by atoms with Gasteiger partial charge in [0.2, 0.25) is 5.91 Å². The molecule has 0 aliphatic heterocycles. The topological polar surface area (TPSA) is 49.3 Å². The van der Waals surface area contributed by atoms with Crippen LogP contribution < -0.4 is 5.32 Å². The largest absolute Gasteiger partial charge is 0.389 e. The molecule has 3 heteroatoms. The van der Waals surface area contributed by atoms with E-state index in [1.54, 1.807) is 31.2 Å². The van der Waals surface area contributed by atoms with E-state index in [4.69, 9.17) is 0 Å². The Balaban J connectivity index is 2.69. The summed E-state index contributed by atoms with van der Waals surface area (Å²) >= 11 is 0. The minimum absolute atomic E-state index is 0.000188. The maximum Gasteiger partial charge on any atom is 0.226 e. The molecule has 0 aliphatic rings. The SMILES string of the molecule is CC(C)C(=O)Nc1ccc([C@H](C)O)cc1. The number of aliphatic hydroxyl groups excluding tert-OH is 1. The zero-order valence-corrected chi connectivity index (χ0v) is 9.32. The third-order valence-corrected chi connectivity index (χ3v) is 2.19. The first-order valence-corrected chi connectivity index (χ1v) is 5.09. The summed E-state index contributed by atoms with van der Waals surface area (Å²) < 4.78 is 0. The van der Waals surface area contributed by atoms with Gasteiger partial charge in [-0.15, -0.1) is 0 Å². The smallest absolute Gasteiger partial charge is 0.226 e. The van der Waals surface area contributed by atoms with Crippen LogP contribution in [0.15, 0.2) is 24.3 Å². The minimum Gasteiger partial charge on any atom is -0.389 e. The lowest BCUT2D eigenvalue weighted by molar-refractivity contribution is -0.118. The molecule has 0 saturated carbocycles. The van der Waals surface area contributed by atoms with E-state index in [1.165, 1.54) is 0 Å². The molecule has 0 radical (unpaired) electrons. The van der Waals surface area contributed by atoms with Crippen molar-refractivity contribution in [2.24, 2.45) is 5.92 Å². The monoisotopic (exact) mass is 207 g/mol. The summed E-state index contributed by atoms with van der Waals surface area (Å²) in [5.41, 5.74) is 1.61. The number of carbonyl (C=O) groups is 1. The summed E-state index contributed by atoms with van der Waals surface area (Å²) in [6, 6.07) is 7.20. The van der Waals surface area contributed by atoms with E-state index in [-0.39, 0.29) is 11.8 Å². The average Bonchev–Trinajstić information content (AvgIpc) is 2.18. The van der Waals surface area contributed by atoms with Gasteiger partial charge >= 0.3 is 0 Å². The van der Waals surface area contributed by atoms with E-state index < -0.39 is 6.10 Å². The number of hydrogen-bond donors (Lipinski definition) is 2. The number of nitrogens with one attached hydrogen (secondary N) is 1. The summed E-state index contributed by atoms with van der Waals surface area (Å²) in [6.45, 7) is 5.40. The molecule has 1 amide bonds. The van der Waals surface area contributed by atoms with Crippen molar-refractivity contribution >= 4 is 11.6 Å². The highest BCUT2D eigenvalue weighted by Crippen LogP contribution is 2.15. The zero-order valence-electron chi connectivity index (χ0n) is 9.32. The fourth-order valence-electron chi connectivity index (χ4n) is 1.13. The van der Waals surface area contributed by atoms with Gasteiger partial charge in [-0.25, -0.2) is 0 Å². The molecule has 0 fully saturated rings. The maximum absolute atomic E-state index is 11.4. The standard InChI is InChI=1S/C12H17NO2/c1-8(2)12(15)13-11-6-4-10(5-7-11)9(3)14/h4-9,14H,1-3H3,(H,13,15)/t9-/m0/s1. The number of amides is 1. The molecule has 0 bridgehead atoms. The maximum atomic E-state index is 11.4. The van der Waals surface area contributed by atoms with Gasteiger partial charge in [-0.3, -0.25) is 4.79 Å². The molecular weight excluding hydrogens is 190 g/mol. The molecule has 0 heterocycles. The van der Waals surface area contributed by atoms with Gasteiger partial charge in [-0.1, -0.05) is 26.0 Å². The Morgan fingerprint density at radius 1 is 1.20 bits per heavy atom. The van der Waals surface area contributed by atoms with Crippen LogP contribution >= 0.6 is 0 Å². The second kappa shape index (κ2) is 4.94. The zero-order chi connectivity index (χ0) is 11.4.